The molecule has 1 N–H and O–H groups in total. The Hall–Kier alpha value is 0.01000. The van der Waals surface area contributed by atoms with Gasteiger partial charge in [-0.15, -0.1) is 0 Å². The Balaban J connectivity index is 2.03. The highest BCUT2D eigenvalue weighted by atomic mass is 79.9. The molecule has 1 aliphatic rings. The Labute approximate surface area is 111 Å². The van der Waals surface area contributed by atoms with Gasteiger partial charge in [0.1, 0.15) is 0 Å². The molecule has 1 fully saturated rings. The van der Waals surface area contributed by atoms with Crippen LogP contribution in [0.4, 0.5) is 0 Å². The third kappa shape index (κ3) is 2.82. The molecular weight excluding hydrogens is 282 g/mol. The lowest BCUT2D eigenvalue weighted by Gasteiger charge is -2.23. The van der Waals surface area contributed by atoms with E-state index in [0.29, 0.717) is 12.1 Å². The van der Waals surface area contributed by atoms with Gasteiger partial charge in [-0.3, -0.25) is 0 Å². The second-order valence-corrected chi connectivity index (χ2v) is 6.72. The van der Waals surface area contributed by atoms with Crippen molar-refractivity contribution >= 4 is 27.7 Å². The van der Waals surface area contributed by atoms with E-state index >= 15 is 0 Å². The van der Waals surface area contributed by atoms with Crippen molar-refractivity contribution in [1.29, 1.82) is 0 Å². The number of hydrogen-bond acceptors (Lipinski definition) is 2. The van der Waals surface area contributed by atoms with Crippen LogP contribution in [-0.2, 0) is 0 Å². The van der Waals surface area contributed by atoms with E-state index < -0.39 is 0 Å². The first-order chi connectivity index (χ1) is 7.68. The summed E-state index contributed by atoms with van der Waals surface area (Å²) in [6.45, 7) is 4.57. The van der Waals surface area contributed by atoms with E-state index in [1.165, 1.54) is 22.2 Å². The van der Waals surface area contributed by atoms with Crippen molar-refractivity contribution in [2.75, 3.05) is 5.75 Å². The van der Waals surface area contributed by atoms with Crippen LogP contribution < -0.4 is 5.32 Å². The maximum Gasteiger partial charge on any atom is 0.0305 e. The van der Waals surface area contributed by atoms with Crippen molar-refractivity contribution in [3.05, 3.63) is 34.3 Å². The Kier molecular flexibility index (Phi) is 4.34. The normalized spacial score (nSPS) is 26.9. The van der Waals surface area contributed by atoms with Gasteiger partial charge in [-0.25, -0.2) is 0 Å². The van der Waals surface area contributed by atoms with Crippen molar-refractivity contribution < 1.29 is 0 Å². The molecule has 3 atom stereocenters. The van der Waals surface area contributed by atoms with Crippen LogP contribution in [0.3, 0.4) is 0 Å². The first kappa shape index (κ1) is 12.5. The zero-order valence-corrected chi connectivity index (χ0v) is 12.1. The van der Waals surface area contributed by atoms with Crippen LogP contribution in [0.15, 0.2) is 28.7 Å². The van der Waals surface area contributed by atoms with Gasteiger partial charge in [0, 0.05) is 21.8 Å². The molecule has 1 saturated heterocycles. The fourth-order valence-corrected chi connectivity index (χ4v) is 4.02. The minimum Gasteiger partial charge on any atom is -0.306 e. The Morgan fingerprint density at radius 2 is 2.19 bits per heavy atom. The zero-order chi connectivity index (χ0) is 11.5. The molecule has 0 aliphatic carbocycles. The molecule has 0 aromatic heterocycles. The van der Waals surface area contributed by atoms with E-state index in [4.69, 9.17) is 0 Å². The third-order valence-corrected chi connectivity index (χ3v) is 5.26. The minimum absolute atomic E-state index is 0.418. The summed E-state index contributed by atoms with van der Waals surface area (Å²) < 4.78 is 1.20. The van der Waals surface area contributed by atoms with Gasteiger partial charge in [0.15, 0.2) is 0 Å². The van der Waals surface area contributed by atoms with Gasteiger partial charge >= 0.3 is 0 Å². The molecule has 1 aromatic rings. The zero-order valence-electron chi connectivity index (χ0n) is 9.74. The van der Waals surface area contributed by atoms with Crippen molar-refractivity contribution in [2.45, 2.75) is 37.6 Å². The Bertz CT molecular complexity index is 356. The molecule has 0 spiro atoms. The van der Waals surface area contributed by atoms with Gasteiger partial charge in [-0.05, 0) is 30.7 Å². The maximum absolute atomic E-state index is 3.73. The summed E-state index contributed by atoms with van der Waals surface area (Å²) in [7, 11) is 0. The third-order valence-electron chi connectivity index (χ3n) is 3.21. The topological polar surface area (TPSA) is 12.0 Å². The van der Waals surface area contributed by atoms with Crippen molar-refractivity contribution in [2.24, 2.45) is 0 Å². The van der Waals surface area contributed by atoms with Crippen LogP contribution in [0.25, 0.3) is 0 Å². The van der Waals surface area contributed by atoms with E-state index in [1.54, 1.807) is 0 Å². The lowest BCUT2D eigenvalue weighted by molar-refractivity contribution is 0.453. The summed E-state index contributed by atoms with van der Waals surface area (Å²) in [5.74, 6) is 1.29. The predicted molar refractivity (Wildman–Crippen MR) is 76.0 cm³/mol. The molecule has 3 heteroatoms. The summed E-state index contributed by atoms with van der Waals surface area (Å²) in [5, 5.41) is 4.48. The SMILES string of the molecule is CC1SCCC1N[C@H](C)c1ccccc1Br. The van der Waals surface area contributed by atoms with Gasteiger partial charge in [-0.1, -0.05) is 41.1 Å². The fourth-order valence-electron chi connectivity index (χ4n) is 2.19. The Morgan fingerprint density at radius 3 is 2.81 bits per heavy atom. The molecular formula is C13H18BrNS. The number of thioether (sulfide) groups is 1. The molecule has 1 aromatic carbocycles. The van der Waals surface area contributed by atoms with Crippen LogP contribution in [-0.4, -0.2) is 17.0 Å². The summed E-state index contributed by atoms with van der Waals surface area (Å²) in [4.78, 5) is 0. The molecule has 2 unspecified atom stereocenters. The number of benzene rings is 1. The average Bonchev–Trinajstić information content (AvgIpc) is 2.65. The van der Waals surface area contributed by atoms with Crippen LogP contribution >= 0.6 is 27.7 Å². The van der Waals surface area contributed by atoms with Gasteiger partial charge in [0.2, 0.25) is 0 Å². The summed E-state index contributed by atoms with van der Waals surface area (Å²) >= 11 is 5.69. The summed E-state index contributed by atoms with van der Waals surface area (Å²) in [6, 6.07) is 9.54. The van der Waals surface area contributed by atoms with Crippen molar-refractivity contribution in [3.63, 3.8) is 0 Å². The average molecular weight is 300 g/mol. The molecule has 1 heterocycles. The smallest absolute Gasteiger partial charge is 0.0305 e. The largest absolute Gasteiger partial charge is 0.306 e. The highest BCUT2D eigenvalue weighted by molar-refractivity contribution is 9.10. The van der Waals surface area contributed by atoms with Crippen LogP contribution in [0, 0.1) is 0 Å². The minimum atomic E-state index is 0.418. The molecule has 0 amide bonds. The number of nitrogens with one attached hydrogen (secondary N) is 1. The van der Waals surface area contributed by atoms with Crippen LogP contribution in [0.2, 0.25) is 0 Å². The molecule has 1 aliphatic heterocycles. The predicted octanol–water partition coefficient (Wildman–Crippen LogP) is 3.99. The number of halogens is 1. The van der Waals surface area contributed by atoms with Crippen LogP contribution in [0.1, 0.15) is 31.9 Å². The molecule has 88 valence electrons. The van der Waals surface area contributed by atoms with Gasteiger partial charge in [-0.2, -0.15) is 11.8 Å². The summed E-state index contributed by atoms with van der Waals surface area (Å²) in [6.07, 6.45) is 1.29. The quantitative estimate of drug-likeness (QED) is 0.905. The molecule has 0 bridgehead atoms. The highest BCUT2D eigenvalue weighted by Gasteiger charge is 2.25. The molecule has 1 nitrogen and oxygen atoms in total. The van der Waals surface area contributed by atoms with E-state index in [9.17, 15) is 0 Å². The van der Waals surface area contributed by atoms with E-state index in [-0.39, 0.29) is 0 Å². The van der Waals surface area contributed by atoms with Crippen LogP contribution in [0.5, 0.6) is 0 Å². The van der Waals surface area contributed by atoms with E-state index in [2.05, 4.69) is 71.1 Å². The number of rotatable bonds is 3. The highest BCUT2D eigenvalue weighted by Crippen LogP contribution is 2.29. The molecule has 0 radical (unpaired) electrons. The molecule has 2 rings (SSSR count). The first-order valence-electron chi connectivity index (χ1n) is 5.80. The molecule has 0 saturated carbocycles. The standard InChI is InChI=1S/C13H18BrNS/c1-9(11-5-3-4-6-12(11)14)15-13-7-8-16-10(13)2/h3-6,9-10,13,15H,7-8H2,1-2H3/t9-,10?,13?/m1/s1. The lowest BCUT2D eigenvalue weighted by Crippen LogP contribution is -2.35. The van der Waals surface area contributed by atoms with E-state index in [0.717, 1.165) is 5.25 Å². The monoisotopic (exact) mass is 299 g/mol. The first-order valence-corrected chi connectivity index (χ1v) is 7.64. The van der Waals surface area contributed by atoms with Gasteiger partial charge in [0.25, 0.3) is 0 Å². The van der Waals surface area contributed by atoms with Gasteiger partial charge in [0.05, 0.1) is 0 Å². The van der Waals surface area contributed by atoms with Gasteiger partial charge < -0.3 is 5.32 Å². The maximum atomic E-state index is 3.73. The number of hydrogen-bond donors (Lipinski definition) is 1. The molecule has 16 heavy (non-hydrogen) atoms. The fraction of sp³-hybridized carbons (Fsp3) is 0.538. The lowest BCUT2D eigenvalue weighted by atomic mass is 10.1. The van der Waals surface area contributed by atoms with Crippen molar-refractivity contribution in [3.8, 4) is 0 Å². The summed E-state index contributed by atoms with van der Waals surface area (Å²) in [5.41, 5.74) is 1.35. The second kappa shape index (κ2) is 5.56. The van der Waals surface area contributed by atoms with E-state index in [1.807, 2.05) is 0 Å². The second-order valence-electron chi connectivity index (χ2n) is 4.38. The van der Waals surface area contributed by atoms with Crippen molar-refractivity contribution in [1.82, 2.24) is 5.32 Å². The Morgan fingerprint density at radius 1 is 1.44 bits per heavy atom.